The number of thiazole rings is 1. The maximum atomic E-state index is 13.6. The van der Waals surface area contributed by atoms with Crippen LogP contribution in [-0.2, 0) is 4.74 Å². The average Bonchev–Trinajstić information content (AvgIpc) is 2.96. The molecule has 0 unspecified atom stereocenters. The van der Waals surface area contributed by atoms with Gasteiger partial charge in [0.25, 0.3) is 0 Å². The van der Waals surface area contributed by atoms with Gasteiger partial charge < -0.3 is 9.84 Å². The lowest BCUT2D eigenvalue weighted by Gasteiger charge is -2.07. The van der Waals surface area contributed by atoms with Gasteiger partial charge in [-0.3, -0.25) is 0 Å². The molecule has 6 heteroatoms. The van der Waals surface area contributed by atoms with Crippen LogP contribution in [0.3, 0.4) is 0 Å². The van der Waals surface area contributed by atoms with E-state index in [2.05, 4.69) is 4.98 Å². The molecule has 23 heavy (non-hydrogen) atoms. The van der Waals surface area contributed by atoms with Crippen molar-refractivity contribution in [2.75, 3.05) is 6.61 Å². The van der Waals surface area contributed by atoms with Crippen molar-refractivity contribution < 1.29 is 19.0 Å². The highest BCUT2D eigenvalue weighted by Crippen LogP contribution is 2.35. The van der Waals surface area contributed by atoms with Crippen LogP contribution in [0, 0.1) is 12.7 Å². The minimum Gasteiger partial charge on any atom is -0.507 e. The lowest BCUT2D eigenvalue weighted by molar-refractivity contribution is 0.0532. The Morgan fingerprint density at radius 2 is 2.13 bits per heavy atom. The van der Waals surface area contributed by atoms with Crippen molar-refractivity contribution >= 4 is 28.1 Å². The van der Waals surface area contributed by atoms with Crippen molar-refractivity contribution in [1.82, 2.24) is 4.98 Å². The minimum atomic E-state index is -0.428. The molecule has 0 saturated heterocycles. The molecule has 0 fully saturated rings. The summed E-state index contributed by atoms with van der Waals surface area (Å²) in [4.78, 5) is 16.3. The predicted octanol–water partition coefficient (Wildman–Crippen LogP) is 4.29. The van der Waals surface area contributed by atoms with Crippen LogP contribution in [0.2, 0.25) is 0 Å². The Balaban J connectivity index is 2.09. The summed E-state index contributed by atoms with van der Waals surface area (Å²) in [5.41, 5.74) is 1.29. The second-order valence-corrected chi connectivity index (χ2v) is 6.10. The number of rotatable bonds is 3. The minimum absolute atomic E-state index is 0.0582. The van der Waals surface area contributed by atoms with Gasteiger partial charge in [-0.1, -0.05) is 0 Å². The first-order valence-electron chi connectivity index (χ1n) is 7.05. The van der Waals surface area contributed by atoms with Crippen LogP contribution in [0.4, 0.5) is 4.39 Å². The second-order valence-electron chi connectivity index (χ2n) is 5.07. The zero-order valence-electron chi connectivity index (χ0n) is 12.6. The molecule has 0 aliphatic rings. The number of halogens is 1. The average molecular weight is 331 g/mol. The lowest BCUT2D eigenvalue weighted by Crippen LogP contribution is -2.01. The largest absolute Gasteiger partial charge is 0.507 e. The van der Waals surface area contributed by atoms with E-state index in [-0.39, 0.29) is 11.6 Å². The highest BCUT2D eigenvalue weighted by atomic mass is 32.1. The standard InChI is InChI=1S/C17H14FNO3S/c1-3-22-17(21)14-8-19-16(23-14)11-5-10-6-12(18)4-9(2)15(10)13(20)7-11/h4-8,20H,3H2,1-2H3. The number of carbonyl (C=O) groups is 1. The Bertz CT molecular complexity index is 904. The Morgan fingerprint density at radius 3 is 2.87 bits per heavy atom. The Morgan fingerprint density at radius 1 is 1.35 bits per heavy atom. The highest BCUT2D eigenvalue weighted by molar-refractivity contribution is 7.16. The molecule has 3 aromatic rings. The predicted molar refractivity (Wildman–Crippen MR) is 87.4 cm³/mol. The van der Waals surface area contributed by atoms with Gasteiger partial charge in [0.1, 0.15) is 21.5 Å². The molecule has 0 aliphatic carbocycles. The first-order valence-corrected chi connectivity index (χ1v) is 7.87. The number of aromatic nitrogens is 1. The van der Waals surface area contributed by atoms with Crippen LogP contribution in [0.1, 0.15) is 22.2 Å². The van der Waals surface area contributed by atoms with Crippen molar-refractivity contribution in [3.05, 3.63) is 46.7 Å². The summed E-state index contributed by atoms with van der Waals surface area (Å²) in [6.45, 7) is 3.77. The number of nitrogens with zero attached hydrogens (tertiary/aromatic N) is 1. The number of aromatic hydroxyl groups is 1. The van der Waals surface area contributed by atoms with Crippen LogP contribution >= 0.6 is 11.3 Å². The first-order chi connectivity index (χ1) is 11.0. The van der Waals surface area contributed by atoms with Crippen LogP contribution in [0.5, 0.6) is 5.75 Å². The zero-order chi connectivity index (χ0) is 16.6. The van der Waals surface area contributed by atoms with Crippen LogP contribution in [0.25, 0.3) is 21.3 Å². The Kier molecular flexibility index (Phi) is 4.00. The first kappa shape index (κ1) is 15.4. The summed E-state index contributed by atoms with van der Waals surface area (Å²) in [6, 6.07) is 6.06. The molecular weight excluding hydrogens is 317 g/mol. The molecule has 0 saturated carbocycles. The molecule has 0 amide bonds. The van der Waals surface area contributed by atoms with Crippen molar-refractivity contribution in [2.24, 2.45) is 0 Å². The van der Waals surface area contributed by atoms with Gasteiger partial charge in [-0.05, 0) is 49.1 Å². The van der Waals surface area contributed by atoms with E-state index in [1.807, 2.05) is 0 Å². The van der Waals surface area contributed by atoms with E-state index in [1.54, 1.807) is 26.0 Å². The number of benzene rings is 2. The monoisotopic (exact) mass is 331 g/mol. The maximum Gasteiger partial charge on any atom is 0.349 e. The van der Waals surface area contributed by atoms with Gasteiger partial charge in [0.05, 0.1) is 12.8 Å². The smallest absolute Gasteiger partial charge is 0.349 e. The lowest BCUT2D eigenvalue weighted by atomic mass is 10.0. The van der Waals surface area contributed by atoms with Gasteiger partial charge in [-0.2, -0.15) is 0 Å². The number of phenols is 1. The zero-order valence-corrected chi connectivity index (χ0v) is 13.4. The fourth-order valence-corrected chi connectivity index (χ4v) is 3.29. The number of aryl methyl sites for hydroxylation is 1. The fraction of sp³-hybridized carbons (Fsp3) is 0.176. The highest BCUT2D eigenvalue weighted by Gasteiger charge is 2.15. The number of hydrogen-bond acceptors (Lipinski definition) is 5. The Labute approximate surface area is 136 Å². The molecule has 0 aliphatic heterocycles. The summed E-state index contributed by atoms with van der Waals surface area (Å²) in [5.74, 6) is -0.732. The van der Waals surface area contributed by atoms with Gasteiger partial charge in [0.15, 0.2) is 0 Å². The number of fused-ring (bicyclic) bond motifs is 1. The molecule has 2 aromatic carbocycles. The number of carbonyl (C=O) groups excluding carboxylic acids is 1. The molecule has 1 aromatic heterocycles. The third kappa shape index (κ3) is 2.90. The van der Waals surface area contributed by atoms with Crippen LogP contribution in [0.15, 0.2) is 30.5 Å². The normalized spacial score (nSPS) is 10.9. The second kappa shape index (κ2) is 5.96. The maximum absolute atomic E-state index is 13.6. The van der Waals surface area contributed by atoms with Crippen molar-refractivity contribution in [3.63, 3.8) is 0 Å². The quantitative estimate of drug-likeness (QED) is 0.727. The fourth-order valence-electron chi connectivity index (χ4n) is 2.49. The van der Waals surface area contributed by atoms with Gasteiger partial charge in [-0.15, -0.1) is 11.3 Å². The van der Waals surface area contributed by atoms with Crippen molar-refractivity contribution in [1.29, 1.82) is 0 Å². The van der Waals surface area contributed by atoms with Gasteiger partial charge >= 0.3 is 5.97 Å². The van der Waals surface area contributed by atoms with Gasteiger partial charge in [0, 0.05) is 10.9 Å². The summed E-state index contributed by atoms with van der Waals surface area (Å²) in [6.07, 6.45) is 1.44. The Hall–Kier alpha value is -2.47. The molecule has 0 bridgehead atoms. The SMILES string of the molecule is CCOC(=O)c1cnc(-c2cc(O)c3c(C)cc(F)cc3c2)s1. The van der Waals surface area contributed by atoms with E-state index in [0.717, 1.165) is 0 Å². The van der Waals surface area contributed by atoms with Crippen molar-refractivity contribution in [2.45, 2.75) is 13.8 Å². The molecule has 3 rings (SSSR count). The summed E-state index contributed by atoms with van der Waals surface area (Å²) in [7, 11) is 0. The van der Waals surface area contributed by atoms with E-state index < -0.39 is 5.97 Å². The number of ether oxygens (including phenoxy) is 1. The number of esters is 1. The van der Waals surface area contributed by atoms with Crippen molar-refractivity contribution in [3.8, 4) is 16.3 Å². The van der Waals surface area contributed by atoms with E-state index in [1.165, 1.54) is 29.7 Å². The molecule has 0 atom stereocenters. The molecule has 1 heterocycles. The molecular formula is C17H14FNO3S. The van der Waals surface area contributed by atoms with E-state index in [4.69, 9.17) is 4.74 Å². The molecule has 4 nitrogen and oxygen atoms in total. The molecule has 1 N–H and O–H groups in total. The van der Waals surface area contributed by atoms with E-state index in [0.29, 0.717) is 38.4 Å². The molecule has 0 radical (unpaired) electrons. The summed E-state index contributed by atoms with van der Waals surface area (Å²) >= 11 is 1.17. The van der Waals surface area contributed by atoms with Crippen LogP contribution in [-0.4, -0.2) is 22.7 Å². The number of hydrogen-bond donors (Lipinski definition) is 1. The van der Waals surface area contributed by atoms with Gasteiger partial charge in [0.2, 0.25) is 0 Å². The van der Waals surface area contributed by atoms with Crippen LogP contribution < -0.4 is 0 Å². The van der Waals surface area contributed by atoms with Gasteiger partial charge in [-0.25, -0.2) is 14.2 Å². The third-order valence-electron chi connectivity index (χ3n) is 3.42. The summed E-state index contributed by atoms with van der Waals surface area (Å²) in [5, 5.41) is 12.0. The number of phenolic OH excluding ortho intramolecular Hbond substituents is 1. The topological polar surface area (TPSA) is 59.4 Å². The van der Waals surface area contributed by atoms with E-state index >= 15 is 0 Å². The third-order valence-corrected chi connectivity index (χ3v) is 4.45. The summed E-state index contributed by atoms with van der Waals surface area (Å²) < 4.78 is 18.5. The molecule has 0 spiro atoms. The molecule has 118 valence electrons. The van der Waals surface area contributed by atoms with E-state index in [9.17, 15) is 14.3 Å².